The molecule has 0 unspecified atom stereocenters. The molecule has 162 valence electrons. The van der Waals surface area contributed by atoms with E-state index in [9.17, 15) is 5.11 Å². The van der Waals surface area contributed by atoms with Crippen LogP contribution in [0, 0.1) is 0 Å². The van der Waals surface area contributed by atoms with Gasteiger partial charge in [0.1, 0.15) is 22.8 Å². The third-order valence-corrected chi connectivity index (χ3v) is 6.45. The number of likely N-dealkylation sites (tertiary alicyclic amines) is 1. The summed E-state index contributed by atoms with van der Waals surface area (Å²) in [5.74, 6) is 1.76. The normalized spacial score (nSPS) is 19.7. The summed E-state index contributed by atoms with van der Waals surface area (Å²) in [5, 5.41) is 15.3. The van der Waals surface area contributed by atoms with E-state index in [1.807, 2.05) is 36.4 Å². The molecular weight excluding hydrogens is 388 g/mol. The number of hydrogen-bond donors (Lipinski definition) is 1. The number of piperidine rings is 1. The lowest BCUT2D eigenvalue weighted by atomic mass is 9.87. The van der Waals surface area contributed by atoms with Crippen LogP contribution in [0.2, 0.25) is 0 Å². The fraction of sp³-hybridized carbons (Fsp3) is 0.423. The lowest BCUT2D eigenvalue weighted by Crippen LogP contribution is -2.45. The molecule has 0 bridgehead atoms. The minimum Gasteiger partial charge on any atom is -0.487 e. The number of hydrogen-bond acceptors (Lipinski definition) is 5. The Balaban J connectivity index is 1.18. The quantitative estimate of drug-likeness (QED) is 0.655. The van der Waals surface area contributed by atoms with Gasteiger partial charge >= 0.3 is 0 Å². The van der Waals surface area contributed by atoms with E-state index in [1.165, 1.54) is 11.1 Å². The molecule has 5 heteroatoms. The zero-order chi connectivity index (χ0) is 21.5. The average molecular weight is 419 g/mol. The number of nitrogens with zero attached hydrogens (tertiary/aromatic N) is 2. The Hall–Kier alpha value is -2.63. The van der Waals surface area contributed by atoms with E-state index < -0.39 is 5.60 Å². The van der Waals surface area contributed by atoms with Crippen LogP contribution in [-0.4, -0.2) is 39.5 Å². The molecule has 1 saturated heterocycles. The van der Waals surface area contributed by atoms with E-state index in [1.54, 1.807) is 0 Å². The third kappa shape index (κ3) is 4.53. The van der Waals surface area contributed by atoms with Gasteiger partial charge < -0.3 is 14.4 Å². The molecule has 1 N–H and O–H groups in total. The number of aliphatic hydroxyl groups is 1. The SMILES string of the molecule is CC1(C)Cc2cc(CN3CCC(O)(Cc4cc(-c5ccccc5)no4)CC3)ccc2O1. The van der Waals surface area contributed by atoms with Crippen molar-refractivity contribution in [3.05, 3.63) is 71.5 Å². The molecule has 0 atom stereocenters. The fourth-order valence-corrected chi connectivity index (χ4v) is 4.79. The minimum absolute atomic E-state index is 0.107. The number of ether oxygens (including phenoxy) is 1. The Morgan fingerprint density at radius 2 is 1.81 bits per heavy atom. The van der Waals surface area contributed by atoms with Crippen LogP contribution in [0.5, 0.6) is 5.75 Å². The lowest BCUT2D eigenvalue weighted by Gasteiger charge is -2.37. The highest BCUT2D eigenvalue weighted by atomic mass is 16.5. The van der Waals surface area contributed by atoms with E-state index >= 15 is 0 Å². The molecule has 2 aliphatic heterocycles. The average Bonchev–Trinajstić information content (AvgIpc) is 3.32. The second-order valence-electron chi connectivity index (χ2n) is 9.70. The van der Waals surface area contributed by atoms with Crippen molar-refractivity contribution in [2.75, 3.05) is 13.1 Å². The molecule has 0 radical (unpaired) electrons. The van der Waals surface area contributed by atoms with E-state index in [2.05, 4.69) is 42.1 Å². The van der Waals surface area contributed by atoms with Crippen LogP contribution >= 0.6 is 0 Å². The highest BCUT2D eigenvalue weighted by Crippen LogP contribution is 2.36. The molecule has 31 heavy (non-hydrogen) atoms. The minimum atomic E-state index is -0.736. The van der Waals surface area contributed by atoms with Gasteiger partial charge in [-0.05, 0) is 43.9 Å². The molecular formula is C26H30N2O3. The lowest BCUT2D eigenvalue weighted by molar-refractivity contribution is -0.0265. The summed E-state index contributed by atoms with van der Waals surface area (Å²) in [4.78, 5) is 2.42. The van der Waals surface area contributed by atoms with Gasteiger partial charge in [-0.15, -0.1) is 0 Å². The van der Waals surface area contributed by atoms with Gasteiger partial charge in [0.05, 0.1) is 5.60 Å². The zero-order valence-electron chi connectivity index (χ0n) is 18.3. The second kappa shape index (κ2) is 7.81. The van der Waals surface area contributed by atoms with Crippen molar-refractivity contribution < 1.29 is 14.4 Å². The van der Waals surface area contributed by atoms with Crippen LogP contribution in [0.1, 0.15) is 43.6 Å². The maximum absolute atomic E-state index is 11.1. The van der Waals surface area contributed by atoms with Crippen LogP contribution in [0.15, 0.2) is 59.1 Å². The smallest absolute Gasteiger partial charge is 0.140 e. The molecule has 1 aromatic heterocycles. The molecule has 0 saturated carbocycles. The Kier molecular flexibility index (Phi) is 5.11. The molecule has 3 aromatic rings. The van der Waals surface area contributed by atoms with E-state index in [-0.39, 0.29) is 5.60 Å². The Labute approximate surface area is 183 Å². The summed E-state index contributed by atoms with van der Waals surface area (Å²) in [6, 6.07) is 18.5. The highest BCUT2D eigenvalue weighted by molar-refractivity contribution is 5.58. The second-order valence-corrected chi connectivity index (χ2v) is 9.70. The van der Waals surface area contributed by atoms with Crippen LogP contribution < -0.4 is 4.74 Å². The van der Waals surface area contributed by atoms with Crippen molar-refractivity contribution in [3.63, 3.8) is 0 Å². The van der Waals surface area contributed by atoms with Gasteiger partial charge in [-0.1, -0.05) is 47.6 Å². The number of aromatic nitrogens is 1. The van der Waals surface area contributed by atoms with Crippen molar-refractivity contribution in [2.45, 2.75) is 57.3 Å². The Morgan fingerprint density at radius 3 is 2.58 bits per heavy atom. The third-order valence-electron chi connectivity index (χ3n) is 6.45. The topological polar surface area (TPSA) is 58.7 Å². The van der Waals surface area contributed by atoms with Crippen LogP contribution in [0.25, 0.3) is 11.3 Å². The first-order valence-electron chi connectivity index (χ1n) is 11.1. The summed E-state index contributed by atoms with van der Waals surface area (Å²) in [6.07, 6.45) is 2.93. The summed E-state index contributed by atoms with van der Waals surface area (Å²) < 4.78 is 11.5. The van der Waals surface area contributed by atoms with Gasteiger partial charge in [-0.25, -0.2) is 0 Å². The molecule has 0 aliphatic carbocycles. The predicted molar refractivity (Wildman–Crippen MR) is 120 cm³/mol. The molecule has 3 heterocycles. The van der Waals surface area contributed by atoms with Crippen molar-refractivity contribution in [1.29, 1.82) is 0 Å². The zero-order valence-corrected chi connectivity index (χ0v) is 18.3. The van der Waals surface area contributed by atoms with Gasteiger partial charge in [-0.3, -0.25) is 4.90 Å². The van der Waals surface area contributed by atoms with Crippen molar-refractivity contribution in [1.82, 2.24) is 10.1 Å². The summed E-state index contributed by atoms with van der Waals surface area (Å²) in [5.41, 5.74) is 3.62. The first kappa shape index (κ1) is 20.3. The predicted octanol–water partition coefficient (Wildman–Crippen LogP) is 4.62. The van der Waals surface area contributed by atoms with E-state index in [0.717, 1.165) is 61.7 Å². The monoisotopic (exact) mass is 418 g/mol. The highest BCUT2D eigenvalue weighted by Gasteiger charge is 2.34. The summed E-state index contributed by atoms with van der Waals surface area (Å²) in [7, 11) is 0. The molecule has 5 nitrogen and oxygen atoms in total. The van der Waals surface area contributed by atoms with Crippen LogP contribution in [0.4, 0.5) is 0 Å². The van der Waals surface area contributed by atoms with Crippen molar-refractivity contribution in [2.24, 2.45) is 0 Å². The fourth-order valence-electron chi connectivity index (χ4n) is 4.79. The number of fused-ring (bicyclic) bond motifs is 1. The maximum Gasteiger partial charge on any atom is 0.140 e. The van der Waals surface area contributed by atoms with Gasteiger partial charge in [-0.2, -0.15) is 0 Å². The summed E-state index contributed by atoms with van der Waals surface area (Å²) >= 11 is 0. The number of rotatable bonds is 5. The van der Waals surface area contributed by atoms with E-state index in [4.69, 9.17) is 9.26 Å². The van der Waals surface area contributed by atoms with Crippen LogP contribution in [0.3, 0.4) is 0 Å². The standard InChI is InChI=1S/C26H30N2O3/c1-25(2)16-21-14-19(8-9-24(21)30-25)18-28-12-10-26(29,11-13-28)17-22-15-23(27-31-22)20-6-4-3-5-7-20/h3-9,14-15,29H,10-13,16-18H2,1-2H3. The molecule has 2 aromatic carbocycles. The maximum atomic E-state index is 11.1. The van der Waals surface area contributed by atoms with Gasteiger partial charge in [0.2, 0.25) is 0 Å². The Bertz CT molecular complexity index is 1050. The molecule has 0 amide bonds. The molecule has 5 rings (SSSR count). The number of benzene rings is 2. The van der Waals surface area contributed by atoms with Gasteiger partial charge in [0.15, 0.2) is 0 Å². The van der Waals surface area contributed by atoms with Gasteiger partial charge in [0.25, 0.3) is 0 Å². The first-order chi connectivity index (χ1) is 14.9. The first-order valence-corrected chi connectivity index (χ1v) is 11.1. The molecule has 0 spiro atoms. The van der Waals surface area contributed by atoms with Crippen molar-refractivity contribution >= 4 is 0 Å². The Morgan fingerprint density at radius 1 is 1.03 bits per heavy atom. The van der Waals surface area contributed by atoms with Gasteiger partial charge in [0, 0.05) is 44.1 Å². The van der Waals surface area contributed by atoms with E-state index in [0.29, 0.717) is 6.42 Å². The van der Waals surface area contributed by atoms with Crippen LogP contribution in [-0.2, 0) is 19.4 Å². The van der Waals surface area contributed by atoms with Crippen molar-refractivity contribution in [3.8, 4) is 17.0 Å². The molecule has 1 fully saturated rings. The molecule has 2 aliphatic rings. The largest absolute Gasteiger partial charge is 0.487 e. The summed E-state index contributed by atoms with van der Waals surface area (Å²) in [6.45, 7) is 6.92.